The first-order valence-corrected chi connectivity index (χ1v) is 9.83. The molecular weight excluding hydrogens is 380 g/mol. The zero-order valence-electron chi connectivity index (χ0n) is 17.8. The second kappa shape index (κ2) is 9.82. The predicted octanol–water partition coefficient (Wildman–Crippen LogP) is 3.51. The van der Waals surface area contributed by atoms with Crippen LogP contribution in [0.25, 0.3) is 0 Å². The highest BCUT2D eigenvalue weighted by Crippen LogP contribution is 2.24. The van der Waals surface area contributed by atoms with Crippen LogP contribution in [0.15, 0.2) is 54.9 Å². The highest BCUT2D eigenvalue weighted by molar-refractivity contribution is 5.74. The minimum Gasteiger partial charge on any atom is -0.497 e. The van der Waals surface area contributed by atoms with E-state index in [4.69, 9.17) is 9.47 Å². The van der Waals surface area contributed by atoms with E-state index in [-0.39, 0.29) is 6.03 Å². The number of urea groups is 1. The van der Waals surface area contributed by atoms with Gasteiger partial charge in [-0.15, -0.1) is 0 Å². The molecule has 0 fully saturated rings. The molecule has 30 heavy (non-hydrogen) atoms. The van der Waals surface area contributed by atoms with Gasteiger partial charge in [0.1, 0.15) is 30.0 Å². The fourth-order valence-corrected chi connectivity index (χ4v) is 3.24. The Bertz CT molecular complexity index is 1000. The van der Waals surface area contributed by atoms with E-state index in [1.807, 2.05) is 68.1 Å². The number of nitrogens with zero attached hydrogens (tertiary/aromatic N) is 2. The molecule has 7 nitrogen and oxygen atoms in total. The molecule has 1 aromatic heterocycles. The minimum absolute atomic E-state index is 0.296. The second-order valence-electron chi connectivity index (χ2n) is 7.12. The number of carbonyl (C=O) groups excluding carboxylic acids is 1. The number of aromatic nitrogens is 2. The van der Waals surface area contributed by atoms with E-state index in [0.717, 1.165) is 28.5 Å². The fraction of sp³-hybridized carbons (Fsp3) is 0.304. The summed E-state index contributed by atoms with van der Waals surface area (Å²) in [6, 6.07) is 12.9. The number of amides is 2. The normalized spacial score (nSPS) is 11.6. The van der Waals surface area contributed by atoms with E-state index >= 15 is 0 Å². The Labute approximate surface area is 177 Å². The summed E-state index contributed by atoms with van der Waals surface area (Å²) >= 11 is 0. The van der Waals surface area contributed by atoms with Crippen LogP contribution in [0, 0.1) is 13.8 Å². The lowest BCUT2D eigenvalue weighted by molar-refractivity contribution is 0.233. The fourth-order valence-electron chi connectivity index (χ4n) is 3.24. The molecule has 2 aromatic carbocycles. The van der Waals surface area contributed by atoms with Gasteiger partial charge in [0, 0.05) is 19.4 Å². The van der Waals surface area contributed by atoms with Crippen molar-refractivity contribution >= 4 is 6.03 Å². The number of nitrogens with one attached hydrogen (secondary N) is 2. The van der Waals surface area contributed by atoms with Crippen LogP contribution in [-0.4, -0.2) is 35.8 Å². The summed E-state index contributed by atoms with van der Waals surface area (Å²) in [5.74, 6) is 2.27. The number of rotatable bonds is 8. The van der Waals surface area contributed by atoms with Gasteiger partial charge in [-0.05, 0) is 43.2 Å². The summed E-state index contributed by atoms with van der Waals surface area (Å²) in [4.78, 5) is 17.0. The average molecular weight is 409 g/mol. The third-order valence-electron chi connectivity index (χ3n) is 4.79. The number of hydrogen-bond acceptors (Lipinski definition) is 4. The molecule has 0 saturated carbocycles. The lowest BCUT2D eigenvalue weighted by Gasteiger charge is -2.20. The Kier molecular flexibility index (Phi) is 6.95. The molecule has 1 unspecified atom stereocenters. The van der Waals surface area contributed by atoms with Crippen molar-refractivity contribution in [2.24, 2.45) is 7.05 Å². The number of aryl methyl sites for hydroxylation is 3. The Hall–Kier alpha value is -3.48. The van der Waals surface area contributed by atoms with Crippen molar-refractivity contribution in [3.8, 4) is 11.5 Å². The topological polar surface area (TPSA) is 77.4 Å². The SMILES string of the molecule is COc1cccc(C(NC(=O)NCCOc2ccc(C)cc2C)c2nccn2C)c1. The van der Waals surface area contributed by atoms with Crippen LogP contribution < -0.4 is 20.1 Å². The third kappa shape index (κ3) is 5.31. The lowest BCUT2D eigenvalue weighted by Crippen LogP contribution is -2.40. The third-order valence-corrected chi connectivity index (χ3v) is 4.79. The summed E-state index contributed by atoms with van der Waals surface area (Å²) in [7, 11) is 3.51. The highest BCUT2D eigenvalue weighted by Gasteiger charge is 2.21. The molecule has 0 aliphatic carbocycles. The molecule has 0 bridgehead atoms. The van der Waals surface area contributed by atoms with Gasteiger partial charge in [-0.1, -0.05) is 29.8 Å². The Morgan fingerprint density at radius 2 is 2.03 bits per heavy atom. The summed E-state index contributed by atoms with van der Waals surface area (Å²) in [5.41, 5.74) is 3.15. The zero-order valence-corrected chi connectivity index (χ0v) is 17.8. The van der Waals surface area contributed by atoms with Gasteiger partial charge < -0.3 is 24.7 Å². The summed E-state index contributed by atoms with van der Waals surface area (Å²) in [6.45, 7) is 4.81. The number of carbonyl (C=O) groups is 1. The smallest absolute Gasteiger partial charge is 0.315 e. The Morgan fingerprint density at radius 1 is 1.20 bits per heavy atom. The number of hydrogen-bond donors (Lipinski definition) is 2. The van der Waals surface area contributed by atoms with Crippen molar-refractivity contribution in [2.75, 3.05) is 20.3 Å². The molecule has 1 atom stereocenters. The van der Waals surface area contributed by atoms with E-state index in [1.165, 1.54) is 5.56 Å². The molecule has 1 heterocycles. The van der Waals surface area contributed by atoms with Crippen molar-refractivity contribution in [3.63, 3.8) is 0 Å². The first-order valence-electron chi connectivity index (χ1n) is 9.83. The van der Waals surface area contributed by atoms with E-state index in [1.54, 1.807) is 13.3 Å². The van der Waals surface area contributed by atoms with Crippen molar-refractivity contribution in [3.05, 3.63) is 77.4 Å². The second-order valence-corrected chi connectivity index (χ2v) is 7.12. The Morgan fingerprint density at radius 3 is 2.73 bits per heavy atom. The summed E-state index contributed by atoms with van der Waals surface area (Å²) < 4.78 is 13.0. The molecule has 0 radical (unpaired) electrons. The molecule has 3 aromatic rings. The van der Waals surface area contributed by atoms with Gasteiger partial charge >= 0.3 is 6.03 Å². The van der Waals surface area contributed by atoms with Gasteiger partial charge in [-0.2, -0.15) is 0 Å². The number of methoxy groups -OCH3 is 1. The zero-order chi connectivity index (χ0) is 21.5. The van der Waals surface area contributed by atoms with Gasteiger partial charge in [0.05, 0.1) is 13.7 Å². The molecule has 2 amide bonds. The molecule has 7 heteroatoms. The first-order chi connectivity index (χ1) is 14.5. The molecule has 3 rings (SSSR count). The maximum absolute atomic E-state index is 12.6. The van der Waals surface area contributed by atoms with Gasteiger partial charge in [0.15, 0.2) is 0 Å². The standard InChI is InChI=1S/C23H28N4O3/c1-16-8-9-20(17(2)14-16)30-13-11-25-23(28)26-21(22-24-10-12-27(22)3)18-6-5-7-19(15-18)29-4/h5-10,12,14-15,21H,11,13H2,1-4H3,(H2,25,26,28). The molecule has 2 N–H and O–H groups in total. The van der Waals surface area contributed by atoms with Crippen LogP contribution in [-0.2, 0) is 7.05 Å². The van der Waals surface area contributed by atoms with E-state index in [0.29, 0.717) is 13.2 Å². The van der Waals surface area contributed by atoms with Crippen molar-refractivity contribution in [1.82, 2.24) is 20.2 Å². The molecule has 0 aliphatic heterocycles. The van der Waals surface area contributed by atoms with E-state index < -0.39 is 6.04 Å². The largest absolute Gasteiger partial charge is 0.497 e. The monoisotopic (exact) mass is 408 g/mol. The van der Waals surface area contributed by atoms with Gasteiger partial charge in [0.25, 0.3) is 0 Å². The van der Waals surface area contributed by atoms with Gasteiger partial charge in [0.2, 0.25) is 0 Å². The van der Waals surface area contributed by atoms with E-state index in [9.17, 15) is 4.79 Å². The van der Waals surface area contributed by atoms with Crippen molar-refractivity contribution in [2.45, 2.75) is 19.9 Å². The molecule has 0 aliphatic rings. The maximum atomic E-state index is 12.6. The first kappa shape index (κ1) is 21.2. The van der Waals surface area contributed by atoms with Crippen LogP contribution in [0.2, 0.25) is 0 Å². The predicted molar refractivity (Wildman–Crippen MR) is 116 cm³/mol. The number of ether oxygens (including phenoxy) is 2. The number of benzene rings is 2. The van der Waals surface area contributed by atoms with Crippen LogP contribution in [0.4, 0.5) is 4.79 Å². The molecular formula is C23H28N4O3. The minimum atomic E-state index is -0.416. The van der Waals surface area contributed by atoms with Crippen molar-refractivity contribution in [1.29, 1.82) is 0 Å². The number of imidazole rings is 1. The van der Waals surface area contributed by atoms with Crippen LogP contribution in [0.3, 0.4) is 0 Å². The lowest BCUT2D eigenvalue weighted by atomic mass is 10.1. The quantitative estimate of drug-likeness (QED) is 0.559. The Balaban J connectivity index is 1.61. The van der Waals surface area contributed by atoms with Crippen LogP contribution in [0.1, 0.15) is 28.6 Å². The van der Waals surface area contributed by atoms with Gasteiger partial charge in [-0.25, -0.2) is 9.78 Å². The molecule has 158 valence electrons. The summed E-state index contributed by atoms with van der Waals surface area (Å²) in [6.07, 6.45) is 3.56. The van der Waals surface area contributed by atoms with Crippen LogP contribution >= 0.6 is 0 Å². The van der Waals surface area contributed by atoms with Crippen molar-refractivity contribution < 1.29 is 14.3 Å². The average Bonchev–Trinajstić information content (AvgIpc) is 3.16. The summed E-state index contributed by atoms with van der Waals surface area (Å²) in [5, 5.41) is 5.85. The molecule has 0 spiro atoms. The molecule has 0 saturated heterocycles. The maximum Gasteiger partial charge on any atom is 0.315 e. The van der Waals surface area contributed by atoms with E-state index in [2.05, 4.69) is 21.7 Å². The highest BCUT2D eigenvalue weighted by atomic mass is 16.5. The van der Waals surface area contributed by atoms with Crippen LogP contribution in [0.5, 0.6) is 11.5 Å². The van der Waals surface area contributed by atoms with Gasteiger partial charge in [-0.3, -0.25) is 0 Å².